The predicted octanol–water partition coefficient (Wildman–Crippen LogP) is 3.29. The molecule has 2 aliphatic rings. The van der Waals surface area contributed by atoms with Crippen molar-refractivity contribution in [2.75, 3.05) is 13.1 Å². The first-order valence-electron chi connectivity index (χ1n) is 9.05. The normalized spacial score (nSPS) is 22.4. The van der Waals surface area contributed by atoms with Crippen LogP contribution >= 0.6 is 11.6 Å². The standard InChI is InChI=1S/C19H23ClN4O/c20-17-6-4-16(5-7-17)19(8-2-9-19)18(25)23-10-1-3-15(11-23)12-24-14-21-13-22-24/h4-7,13-15H,1-3,8-12H2. The van der Waals surface area contributed by atoms with Gasteiger partial charge in [-0.25, -0.2) is 4.98 Å². The number of piperidine rings is 1. The second kappa shape index (κ2) is 6.79. The highest BCUT2D eigenvalue weighted by Crippen LogP contribution is 2.46. The SMILES string of the molecule is O=C(N1CCCC(Cn2cncn2)C1)C1(c2ccc(Cl)cc2)CCC1. The summed E-state index contributed by atoms with van der Waals surface area (Å²) in [5.41, 5.74) is 0.784. The zero-order valence-corrected chi connectivity index (χ0v) is 15.0. The van der Waals surface area contributed by atoms with Gasteiger partial charge in [0.1, 0.15) is 12.7 Å². The number of benzene rings is 1. The average molecular weight is 359 g/mol. The van der Waals surface area contributed by atoms with Crippen molar-refractivity contribution < 1.29 is 4.79 Å². The first kappa shape index (κ1) is 16.6. The highest BCUT2D eigenvalue weighted by atomic mass is 35.5. The van der Waals surface area contributed by atoms with Crippen molar-refractivity contribution in [3.05, 3.63) is 47.5 Å². The Morgan fingerprint density at radius 2 is 2.04 bits per heavy atom. The van der Waals surface area contributed by atoms with Gasteiger partial charge in [-0.3, -0.25) is 9.48 Å². The molecule has 1 unspecified atom stereocenters. The number of nitrogens with zero attached hydrogens (tertiary/aromatic N) is 4. The zero-order valence-electron chi connectivity index (χ0n) is 14.3. The topological polar surface area (TPSA) is 51.0 Å². The number of halogens is 1. The van der Waals surface area contributed by atoms with Gasteiger partial charge in [-0.05, 0) is 49.3 Å². The fraction of sp³-hybridized carbons (Fsp3) is 0.526. The van der Waals surface area contributed by atoms with Crippen molar-refractivity contribution in [3.63, 3.8) is 0 Å². The van der Waals surface area contributed by atoms with Gasteiger partial charge in [-0.2, -0.15) is 5.10 Å². The van der Waals surface area contributed by atoms with Crippen LogP contribution < -0.4 is 0 Å². The lowest BCUT2D eigenvalue weighted by Gasteiger charge is -2.46. The van der Waals surface area contributed by atoms with Crippen molar-refractivity contribution in [3.8, 4) is 0 Å². The third-order valence-electron chi connectivity index (χ3n) is 5.73. The predicted molar refractivity (Wildman–Crippen MR) is 96.3 cm³/mol. The quantitative estimate of drug-likeness (QED) is 0.842. The Kier molecular flexibility index (Phi) is 4.50. The molecule has 4 rings (SSSR count). The molecule has 5 nitrogen and oxygen atoms in total. The largest absolute Gasteiger partial charge is 0.342 e. The molecular weight excluding hydrogens is 336 g/mol. The van der Waals surface area contributed by atoms with Crippen LogP contribution in [0.3, 0.4) is 0 Å². The molecule has 0 bridgehead atoms. The van der Waals surface area contributed by atoms with Gasteiger partial charge < -0.3 is 4.90 Å². The maximum absolute atomic E-state index is 13.4. The van der Waals surface area contributed by atoms with E-state index < -0.39 is 0 Å². The van der Waals surface area contributed by atoms with E-state index in [2.05, 4.69) is 15.0 Å². The van der Waals surface area contributed by atoms with Crippen LogP contribution in [0, 0.1) is 5.92 Å². The molecule has 1 atom stereocenters. The van der Waals surface area contributed by atoms with E-state index in [0.717, 1.165) is 62.3 Å². The molecule has 1 aliphatic carbocycles. The van der Waals surface area contributed by atoms with Crippen LogP contribution in [-0.2, 0) is 16.8 Å². The number of hydrogen-bond donors (Lipinski definition) is 0. The fourth-order valence-electron chi connectivity index (χ4n) is 4.22. The Hall–Kier alpha value is -1.88. The smallest absolute Gasteiger partial charge is 0.233 e. The van der Waals surface area contributed by atoms with Crippen molar-refractivity contribution >= 4 is 17.5 Å². The minimum atomic E-state index is -0.334. The molecule has 0 radical (unpaired) electrons. The summed E-state index contributed by atoms with van der Waals surface area (Å²) < 4.78 is 1.87. The molecular formula is C19H23ClN4O. The van der Waals surface area contributed by atoms with E-state index in [1.165, 1.54) is 0 Å². The highest BCUT2D eigenvalue weighted by Gasteiger charge is 2.48. The molecule has 1 saturated carbocycles. The molecule has 0 spiro atoms. The molecule has 1 aromatic heterocycles. The lowest BCUT2D eigenvalue weighted by Crippen LogP contribution is -2.53. The van der Waals surface area contributed by atoms with Crippen LogP contribution in [0.15, 0.2) is 36.9 Å². The first-order valence-corrected chi connectivity index (χ1v) is 9.43. The molecule has 1 aromatic carbocycles. The molecule has 1 amide bonds. The van der Waals surface area contributed by atoms with E-state index >= 15 is 0 Å². The minimum Gasteiger partial charge on any atom is -0.342 e. The Morgan fingerprint density at radius 3 is 2.68 bits per heavy atom. The summed E-state index contributed by atoms with van der Waals surface area (Å²) >= 11 is 6.03. The summed E-state index contributed by atoms with van der Waals surface area (Å²) in [4.78, 5) is 19.5. The minimum absolute atomic E-state index is 0.296. The van der Waals surface area contributed by atoms with E-state index in [1.54, 1.807) is 12.7 Å². The van der Waals surface area contributed by atoms with E-state index in [9.17, 15) is 4.79 Å². The number of hydrogen-bond acceptors (Lipinski definition) is 3. The lowest BCUT2D eigenvalue weighted by molar-refractivity contribution is -0.143. The summed E-state index contributed by atoms with van der Waals surface area (Å²) in [6.45, 7) is 2.51. The summed E-state index contributed by atoms with van der Waals surface area (Å²) in [5.74, 6) is 0.742. The van der Waals surface area contributed by atoms with Crippen LogP contribution in [0.4, 0.5) is 0 Å². The second-order valence-electron chi connectivity index (χ2n) is 7.32. The number of amides is 1. The van der Waals surface area contributed by atoms with Gasteiger partial charge in [0.15, 0.2) is 0 Å². The van der Waals surface area contributed by atoms with E-state index in [-0.39, 0.29) is 5.41 Å². The van der Waals surface area contributed by atoms with E-state index in [1.807, 2.05) is 28.9 Å². The van der Waals surface area contributed by atoms with Crippen LogP contribution in [0.1, 0.15) is 37.7 Å². The molecule has 1 saturated heterocycles. The van der Waals surface area contributed by atoms with Crippen LogP contribution in [0.25, 0.3) is 0 Å². The molecule has 1 aliphatic heterocycles. The Morgan fingerprint density at radius 1 is 1.24 bits per heavy atom. The van der Waals surface area contributed by atoms with Crippen LogP contribution in [0.5, 0.6) is 0 Å². The Labute approximate surface area is 153 Å². The highest BCUT2D eigenvalue weighted by molar-refractivity contribution is 6.30. The second-order valence-corrected chi connectivity index (χ2v) is 7.76. The zero-order chi connectivity index (χ0) is 17.3. The van der Waals surface area contributed by atoms with Crippen LogP contribution in [0.2, 0.25) is 5.02 Å². The summed E-state index contributed by atoms with van der Waals surface area (Å²) in [6, 6.07) is 7.84. The van der Waals surface area contributed by atoms with Gasteiger partial charge in [-0.1, -0.05) is 30.2 Å². The van der Waals surface area contributed by atoms with Crippen molar-refractivity contribution in [1.29, 1.82) is 0 Å². The molecule has 0 N–H and O–H groups in total. The number of aromatic nitrogens is 3. The number of rotatable bonds is 4. The van der Waals surface area contributed by atoms with E-state index in [0.29, 0.717) is 11.8 Å². The molecule has 2 heterocycles. The fourth-order valence-corrected chi connectivity index (χ4v) is 4.34. The van der Waals surface area contributed by atoms with Gasteiger partial charge in [0.05, 0.1) is 5.41 Å². The Bertz CT molecular complexity index is 724. The van der Waals surface area contributed by atoms with Crippen molar-refractivity contribution in [1.82, 2.24) is 19.7 Å². The maximum atomic E-state index is 13.4. The number of carbonyl (C=O) groups excluding carboxylic acids is 1. The van der Waals surface area contributed by atoms with Crippen molar-refractivity contribution in [2.45, 2.75) is 44.1 Å². The molecule has 6 heteroatoms. The van der Waals surface area contributed by atoms with Gasteiger partial charge in [0.2, 0.25) is 5.91 Å². The van der Waals surface area contributed by atoms with Gasteiger partial charge in [0.25, 0.3) is 0 Å². The maximum Gasteiger partial charge on any atom is 0.233 e. The van der Waals surface area contributed by atoms with Gasteiger partial charge >= 0.3 is 0 Å². The Balaban J connectivity index is 1.49. The monoisotopic (exact) mass is 358 g/mol. The van der Waals surface area contributed by atoms with Gasteiger partial charge in [-0.15, -0.1) is 0 Å². The third kappa shape index (κ3) is 3.17. The summed E-state index contributed by atoms with van der Waals surface area (Å²) in [5, 5.41) is 4.92. The molecule has 2 aromatic rings. The number of likely N-dealkylation sites (tertiary alicyclic amines) is 1. The summed E-state index contributed by atoms with van der Waals surface area (Å²) in [6.07, 6.45) is 8.51. The van der Waals surface area contributed by atoms with E-state index in [4.69, 9.17) is 11.6 Å². The summed E-state index contributed by atoms with van der Waals surface area (Å²) in [7, 11) is 0. The van der Waals surface area contributed by atoms with Crippen LogP contribution in [-0.4, -0.2) is 38.7 Å². The van der Waals surface area contributed by atoms with Gasteiger partial charge in [0, 0.05) is 24.7 Å². The molecule has 132 valence electrons. The first-order chi connectivity index (χ1) is 12.2. The third-order valence-corrected chi connectivity index (χ3v) is 5.98. The molecule has 25 heavy (non-hydrogen) atoms. The van der Waals surface area contributed by atoms with Crippen molar-refractivity contribution in [2.24, 2.45) is 5.92 Å². The lowest BCUT2D eigenvalue weighted by atomic mass is 9.63. The number of carbonyl (C=O) groups is 1. The average Bonchev–Trinajstić information content (AvgIpc) is 3.09. The molecule has 2 fully saturated rings.